The molecule has 5 atom stereocenters. The second-order valence-corrected chi connectivity index (χ2v) is 11.3. The summed E-state index contributed by atoms with van der Waals surface area (Å²) in [4.78, 5) is 33.6. The van der Waals surface area contributed by atoms with Gasteiger partial charge in [-0.1, -0.05) is 30.2 Å². The molecular weight excluding hydrogens is 426 g/mol. The number of ether oxygens (including phenoxy) is 1. The smallest absolute Gasteiger partial charge is 0.362 e. The van der Waals surface area contributed by atoms with Crippen molar-refractivity contribution in [1.29, 1.82) is 0 Å². The summed E-state index contributed by atoms with van der Waals surface area (Å²) in [7, 11) is 0. The third-order valence-electron chi connectivity index (χ3n) is 9.48. The van der Waals surface area contributed by atoms with Gasteiger partial charge in [0.1, 0.15) is 0 Å². The summed E-state index contributed by atoms with van der Waals surface area (Å²) >= 11 is 0. The van der Waals surface area contributed by atoms with E-state index < -0.39 is 5.97 Å². The number of allylic oxidation sites excluding steroid dienone is 1. The van der Waals surface area contributed by atoms with Crippen molar-refractivity contribution in [3.8, 4) is 0 Å². The zero-order valence-electron chi connectivity index (χ0n) is 19.9. The lowest BCUT2D eigenvalue weighted by molar-refractivity contribution is -0.0618. The summed E-state index contributed by atoms with van der Waals surface area (Å²) in [5, 5.41) is 0. The van der Waals surface area contributed by atoms with Crippen LogP contribution in [0.1, 0.15) is 81.2 Å². The second-order valence-electron chi connectivity index (χ2n) is 11.3. The zero-order chi connectivity index (χ0) is 23.0. The molecule has 6 heteroatoms. The molecule has 6 aliphatic rings. The predicted octanol–water partition coefficient (Wildman–Crippen LogP) is 4.63. The number of aromatic nitrogens is 2. The summed E-state index contributed by atoms with van der Waals surface area (Å²) in [6.45, 7) is 1.99. The molecule has 5 unspecified atom stereocenters. The van der Waals surface area contributed by atoms with Gasteiger partial charge in [-0.15, -0.1) is 0 Å². The molecule has 0 amide bonds. The van der Waals surface area contributed by atoms with Crippen LogP contribution >= 0.6 is 0 Å². The average Bonchev–Trinajstić information content (AvgIpc) is 3.22. The van der Waals surface area contributed by atoms with Crippen LogP contribution in [0.25, 0.3) is 11.0 Å². The Morgan fingerprint density at radius 1 is 1.12 bits per heavy atom. The van der Waals surface area contributed by atoms with Gasteiger partial charge in [0, 0.05) is 23.7 Å². The van der Waals surface area contributed by atoms with E-state index in [0.717, 1.165) is 30.2 Å². The molecular formula is C28H33N3O3. The van der Waals surface area contributed by atoms with Crippen molar-refractivity contribution in [2.75, 3.05) is 6.61 Å². The third kappa shape index (κ3) is 2.87. The Morgan fingerprint density at radius 3 is 2.68 bits per heavy atom. The number of benzene rings is 1. The Labute approximate surface area is 200 Å². The van der Waals surface area contributed by atoms with Crippen molar-refractivity contribution in [2.45, 2.75) is 88.4 Å². The molecule has 2 saturated carbocycles. The lowest BCUT2D eigenvalue weighted by Crippen LogP contribution is -2.63. The highest BCUT2D eigenvalue weighted by Crippen LogP contribution is 2.62. The number of carbonyl (C=O) groups is 1. The molecule has 6 nitrogen and oxygen atoms in total. The van der Waals surface area contributed by atoms with Gasteiger partial charge in [-0.25, -0.2) is 9.78 Å². The Balaban J connectivity index is 1.29. The Bertz CT molecular complexity index is 1250. The fraction of sp³-hybridized carbons (Fsp3) is 0.607. The standard InChI is InChI=1S/C28H33N3O3/c1-2-34-27(33)25-26(32)30(24-9-4-3-8-23(24)29-25)22-13-20-6-5-7-21(14-22)31(20)28-15-17-10-18(16-28)12-19(28)11-17/h3-4,8-9,11,17-18,20-22H,2,5-7,10,12-16H2,1H3. The normalized spacial score (nSPS) is 36.1. The monoisotopic (exact) mass is 459 g/mol. The van der Waals surface area contributed by atoms with Crippen molar-refractivity contribution >= 4 is 17.0 Å². The number of hydrogen-bond donors (Lipinski definition) is 0. The van der Waals surface area contributed by atoms with Crippen LogP contribution in [0.15, 0.2) is 40.7 Å². The summed E-state index contributed by atoms with van der Waals surface area (Å²) in [5.74, 6) is 1.06. The Hall–Kier alpha value is -2.47. The quantitative estimate of drug-likeness (QED) is 0.493. The lowest BCUT2D eigenvalue weighted by atomic mass is 9.73. The van der Waals surface area contributed by atoms with Crippen LogP contribution in [0.2, 0.25) is 0 Å². The van der Waals surface area contributed by atoms with Crippen LogP contribution in [0.4, 0.5) is 0 Å². The number of esters is 1. The molecule has 34 heavy (non-hydrogen) atoms. The lowest BCUT2D eigenvalue weighted by Gasteiger charge is -2.57. The molecule has 2 saturated heterocycles. The highest BCUT2D eigenvalue weighted by molar-refractivity contribution is 5.89. The minimum absolute atomic E-state index is 0.0800. The molecule has 178 valence electrons. The summed E-state index contributed by atoms with van der Waals surface area (Å²) < 4.78 is 7.09. The SMILES string of the molecule is CCOC(=O)c1nc2ccccc2n(C2CC3CCCC(C2)N3C23CC4C=C2CC(C4)C3)c1=O. The van der Waals surface area contributed by atoms with Gasteiger partial charge in [0.05, 0.1) is 17.6 Å². The van der Waals surface area contributed by atoms with Crippen LogP contribution < -0.4 is 5.56 Å². The molecule has 8 rings (SSSR count). The van der Waals surface area contributed by atoms with Crippen molar-refractivity contribution < 1.29 is 9.53 Å². The van der Waals surface area contributed by atoms with E-state index in [2.05, 4.69) is 16.0 Å². The molecule has 0 N–H and O–H groups in total. The Kier molecular flexibility index (Phi) is 4.61. The fourth-order valence-electron chi connectivity index (χ4n) is 8.63. The molecule has 1 aromatic heterocycles. The zero-order valence-corrected chi connectivity index (χ0v) is 19.9. The van der Waals surface area contributed by atoms with E-state index in [1.807, 2.05) is 28.8 Å². The maximum absolute atomic E-state index is 13.7. The first kappa shape index (κ1) is 20.9. The molecule has 0 spiro atoms. The highest BCUT2D eigenvalue weighted by atomic mass is 16.5. The largest absolute Gasteiger partial charge is 0.461 e. The number of nitrogens with zero attached hydrogens (tertiary/aromatic N) is 3. The maximum atomic E-state index is 13.7. The minimum Gasteiger partial charge on any atom is -0.461 e. The van der Waals surface area contributed by atoms with Gasteiger partial charge in [-0.2, -0.15) is 0 Å². The van der Waals surface area contributed by atoms with Gasteiger partial charge in [-0.05, 0) is 82.3 Å². The van der Waals surface area contributed by atoms with E-state index in [1.165, 1.54) is 44.9 Å². The molecule has 4 fully saturated rings. The van der Waals surface area contributed by atoms with Crippen molar-refractivity contribution in [1.82, 2.24) is 14.5 Å². The summed E-state index contributed by atoms with van der Waals surface area (Å²) in [6, 6.07) is 8.82. The second kappa shape index (κ2) is 7.51. The minimum atomic E-state index is -0.616. The highest BCUT2D eigenvalue weighted by Gasteiger charge is 2.59. The molecule has 4 aliphatic carbocycles. The van der Waals surface area contributed by atoms with Crippen LogP contribution in [0.5, 0.6) is 0 Å². The summed E-state index contributed by atoms with van der Waals surface area (Å²) in [5.41, 5.74) is 3.18. The van der Waals surface area contributed by atoms with E-state index in [0.29, 0.717) is 23.1 Å². The van der Waals surface area contributed by atoms with Gasteiger partial charge in [-0.3, -0.25) is 9.69 Å². The molecule has 2 aliphatic heterocycles. The molecule has 3 heterocycles. The number of hydrogen-bond acceptors (Lipinski definition) is 5. The maximum Gasteiger partial charge on any atom is 0.362 e. The average molecular weight is 460 g/mol. The van der Waals surface area contributed by atoms with Gasteiger partial charge < -0.3 is 9.30 Å². The molecule has 6 bridgehead atoms. The number of rotatable bonds is 4. The van der Waals surface area contributed by atoms with Gasteiger partial charge >= 0.3 is 5.97 Å². The number of fused-ring (bicyclic) bond motifs is 3. The van der Waals surface area contributed by atoms with E-state index in [1.54, 1.807) is 12.5 Å². The first-order chi connectivity index (χ1) is 16.6. The van der Waals surface area contributed by atoms with E-state index in [-0.39, 0.29) is 23.9 Å². The van der Waals surface area contributed by atoms with Gasteiger partial charge in [0.15, 0.2) is 0 Å². The van der Waals surface area contributed by atoms with Gasteiger partial charge in [0.2, 0.25) is 5.69 Å². The van der Waals surface area contributed by atoms with E-state index in [9.17, 15) is 9.59 Å². The van der Waals surface area contributed by atoms with Crippen molar-refractivity contribution in [3.63, 3.8) is 0 Å². The van der Waals surface area contributed by atoms with E-state index in [4.69, 9.17) is 4.74 Å². The number of para-hydroxylation sites is 2. The van der Waals surface area contributed by atoms with Crippen LogP contribution in [-0.2, 0) is 4.74 Å². The van der Waals surface area contributed by atoms with Crippen molar-refractivity contribution in [3.05, 3.63) is 52.0 Å². The van der Waals surface area contributed by atoms with Crippen LogP contribution in [-0.4, -0.2) is 44.6 Å². The van der Waals surface area contributed by atoms with Crippen molar-refractivity contribution in [2.24, 2.45) is 11.8 Å². The third-order valence-corrected chi connectivity index (χ3v) is 9.48. The first-order valence-corrected chi connectivity index (χ1v) is 13.3. The Morgan fingerprint density at radius 2 is 1.91 bits per heavy atom. The molecule has 0 radical (unpaired) electrons. The molecule has 1 aromatic carbocycles. The summed E-state index contributed by atoms with van der Waals surface area (Å²) in [6.07, 6.45) is 13.6. The predicted molar refractivity (Wildman–Crippen MR) is 130 cm³/mol. The van der Waals surface area contributed by atoms with Gasteiger partial charge in [0.25, 0.3) is 5.56 Å². The van der Waals surface area contributed by atoms with Crippen LogP contribution in [0, 0.1) is 11.8 Å². The molecule has 2 aromatic rings. The number of carbonyl (C=O) groups excluding carboxylic acids is 1. The fourth-order valence-corrected chi connectivity index (χ4v) is 8.63. The van der Waals surface area contributed by atoms with Crippen LogP contribution in [0.3, 0.4) is 0 Å². The van der Waals surface area contributed by atoms with E-state index >= 15 is 0 Å². The first-order valence-electron chi connectivity index (χ1n) is 13.3. The topological polar surface area (TPSA) is 64.4 Å². The number of piperidine rings is 2.